The number of hydrogen-bond acceptors (Lipinski definition) is 5. The van der Waals surface area contributed by atoms with Gasteiger partial charge in [0.05, 0.1) is 20.3 Å². The summed E-state index contributed by atoms with van der Waals surface area (Å²) in [5.74, 6) is 1.20. The van der Waals surface area contributed by atoms with Crippen LogP contribution in [-0.2, 0) is 4.79 Å². The van der Waals surface area contributed by atoms with Gasteiger partial charge in [0.1, 0.15) is 11.5 Å². The Morgan fingerprint density at radius 3 is 2.54 bits per heavy atom. The average molecular weight is 367 g/mol. The van der Waals surface area contributed by atoms with Gasteiger partial charge in [-0.1, -0.05) is 13.8 Å². The van der Waals surface area contributed by atoms with Crippen molar-refractivity contribution in [3.63, 3.8) is 0 Å². The fourth-order valence-corrected chi connectivity index (χ4v) is 2.83. The number of carbonyl (C=O) groups excluding carboxylic acids is 1. The van der Waals surface area contributed by atoms with Gasteiger partial charge in [-0.25, -0.2) is 0 Å². The normalized spacial score (nSPS) is 12.1. The first-order chi connectivity index (χ1) is 12.5. The first kappa shape index (κ1) is 22.3. The van der Waals surface area contributed by atoms with Crippen molar-refractivity contribution < 1.29 is 19.4 Å². The second kappa shape index (κ2) is 12.5. The highest BCUT2D eigenvalue weighted by molar-refractivity contribution is 5.75. The number of ether oxygens (including phenoxy) is 2. The summed E-state index contributed by atoms with van der Waals surface area (Å²) in [5.41, 5.74) is 0.667. The topological polar surface area (TPSA) is 71.0 Å². The van der Waals surface area contributed by atoms with Crippen LogP contribution in [0.3, 0.4) is 0 Å². The van der Waals surface area contributed by atoms with Gasteiger partial charge in [-0.05, 0) is 51.0 Å². The molecule has 0 spiro atoms. The highest BCUT2D eigenvalue weighted by Crippen LogP contribution is 2.31. The Kier molecular flexibility index (Phi) is 10.7. The number of hydrogen-bond donors (Lipinski definition) is 2. The molecule has 0 aliphatic heterocycles. The third-order valence-electron chi connectivity index (χ3n) is 4.56. The van der Waals surface area contributed by atoms with E-state index in [2.05, 4.69) is 24.1 Å². The van der Waals surface area contributed by atoms with Crippen LogP contribution >= 0.6 is 0 Å². The maximum Gasteiger partial charge on any atom is 0.220 e. The lowest BCUT2D eigenvalue weighted by molar-refractivity contribution is -0.121. The van der Waals surface area contributed by atoms with Crippen LogP contribution in [0.25, 0.3) is 0 Å². The number of nitrogens with zero attached hydrogens (tertiary/aromatic N) is 1. The lowest BCUT2D eigenvalue weighted by atomic mass is 10.0. The van der Waals surface area contributed by atoms with Gasteiger partial charge in [0, 0.05) is 24.6 Å². The molecule has 0 radical (unpaired) electrons. The summed E-state index contributed by atoms with van der Waals surface area (Å²) in [5, 5.41) is 13.3. The van der Waals surface area contributed by atoms with Crippen LogP contribution in [0.4, 0.5) is 0 Å². The molecule has 0 saturated carbocycles. The zero-order valence-corrected chi connectivity index (χ0v) is 16.6. The first-order valence-electron chi connectivity index (χ1n) is 9.44. The minimum atomic E-state index is -0.746. The number of nitrogens with one attached hydrogen (secondary N) is 1. The Hall–Kier alpha value is -1.79. The minimum Gasteiger partial charge on any atom is -0.497 e. The van der Waals surface area contributed by atoms with Crippen LogP contribution < -0.4 is 14.8 Å². The van der Waals surface area contributed by atoms with Gasteiger partial charge < -0.3 is 24.8 Å². The van der Waals surface area contributed by atoms with Crippen molar-refractivity contribution in [2.24, 2.45) is 0 Å². The average Bonchev–Trinajstić information content (AvgIpc) is 2.68. The predicted octanol–water partition coefficient (Wildman–Crippen LogP) is 2.76. The standard InChI is InChI=1S/C20H34N2O4/c1-5-22(6-2)14-8-7-13-21-20(24)12-11-18(23)17-10-9-16(25-3)15-19(17)26-4/h9-10,15,18,23H,5-8,11-14H2,1-4H3,(H,21,24). The molecule has 0 saturated heterocycles. The Morgan fingerprint density at radius 2 is 1.92 bits per heavy atom. The van der Waals surface area contributed by atoms with Crippen LogP contribution in [0.15, 0.2) is 18.2 Å². The van der Waals surface area contributed by atoms with Crippen molar-refractivity contribution in [1.29, 1.82) is 0 Å². The SMILES string of the molecule is CCN(CC)CCCCNC(=O)CCC(O)c1ccc(OC)cc1OC. The van der Waals surface area contributed by atoms with E-state index in [0.29, 0.717) is 30.0 Å². The molecule has 0 aliphatic carbocycles. The number of benzene rings is 1. The first-order valence-corrected chi connectivity index (χ1v) is 9.44. The predicted molar refractivity (Wildman–Crippen MR) is 104 cm³/mol. The molecule has 148 valence electrons. The van der Waals surface area contributed by atoms with E-state index in [-0.39, 0.29) is 12.3 Å². The fourth-order valence-electron chi connectivity index (χ4n) is 2.83. The molecular formula is C20H34N2O4. The molecule has 1 unspecified atom stereocenters. The molecule has 0 bridgehead atoms. The van der Waals surface area contributed by atoms with Crippen molar-refractivity contribution in [2.75, 3.05) is 40.4 Å². The zero-order valence-electron chi connectivity index (χ0n) is 16.6. The van der Waals surface area contributed by atoms with E-state index in [1.807, 2.05) is 0 Å². The van der Waals surface area contributed by atoms with E-state index in [4.69, 9.17) is 9.47 Å². The van der Waals surface area contributed by atoms with Crippen molar-refractivity contribution in [2.45, 2.75) is 45.6 Å². The number of methoxy groups -OCH3 is 2. The summed E-state index contributed by atoms with van der Waals surface area (Å²) >= 11 is 0. The van der Waals surface area contributed by atoms with Gasteiger partial charge >= 0.3 is 0 Å². The summed E-state index contributed by atoms with van der Waals surface area (Å²) in [6.45, 7) is 8.20. The van der Waals surface area contributed by atoms with Gasteiger partial charge in [-0.15, -0.1) is 0 Å². The number of carbonyl (C=O) groups is 1. The van der Waals surface area contributed by atoms with Crippen LogP contribution in [0, 0.1) is 0 Å². The van der Waals surface area contributed by atoms with Crippen molar-refractivity contribution >= 4 is 5.91 Å². The molecule has 0 aromatic heterocycles. The largest absolute Gasteiger partial charge is 0.497 e. The zero-order chi connectivity index (χ0) is 19.4. The summed E-state index contributed by atoms with van der Waals surface area (Å²) in [6, 6.07) is 5.28. The van der Waals surface area contributed by atoms with E-state index >= 15 is 0 Å². The fraction of sp³-hybridized carbons (Fsp3) is 0.650. The Morgan fingerprint density at radius 1 is 1.19 bits per heavy atom. The molecule has 1 atom stereocenters. The van der Waals surface area contributed by atoms with E-state index in [1.165, 1.54) is 0 Å². The van der Waals surface area contributed by atoms with Crippen LogP contribution in [-0.4, -0.2) is 56.3 Å². The highest BCUT2D eigenvalue weighted by Gasteiger charge is 2.15. The quantitative estimate of drug-likeness (QED) is 0.525. The van der Waals surface area contributed by atoms with E-state index < -0.39 is 6.10 Å². The number of amides is 1. The number of aliphatic hydroxyl groups excluding tert-OH is 1. The summed E-state index contributed by atoms with van der Waals surface area (Å²) in [6.07, 6.45) is 1.94. The van der Waals surface area contributed by atoms with E-state index in [0.717, 1.165) is 32.5 Å². The molecule has 0 heterocycles. The smallest absolute Gasteiger partial charge is 0.220 e. The molecule has 6 heteroatoms. The van der Waals surface area contributed by atoms with Gasteiger partial charge in [0.2, 0.25) is 5.91 Å². The monoisotopic (exact) mass is 366 g/mol. The van der Waals surface area contributed by atoms with Crippen LogP contribution in [0.5, 0.6) is 11.5 Å². The van der Waals surface area contributed by atoms with E-state index in [1.54, 1.807) is 32.4 Å². The molecule has 1 rings (SSSR count). The lowest BCUT2D eigenvalue weighted by Crippen LogP contribution is -2.27. The van der Waals surface area contributed by atoms with Crippen molar-refractivity contribution in [3.8, 4) is 11.5 Å². The van der Waals surface area contributed by atoms with Gasteiger partial charge in [-0.2, -0.15) is 0 Å². The molecule has 0 aliphatic rings. The Labute approximate surface area is 157 Å². The molecule has 1 aromatic rings. The minimum absolute atomic E-state index is 0.0284. The van der Waals surface area contributed by atoms with Crippen molar-refractivity contribution in [1.82, 2.24) is 10.2 Å². The Bertz CT molecular complexity index is 533. The number of aliphatic hydroxyl groups is 1. The maximum atomic E-state index is 12.0. The maximum absolute atomic E-state index is 12.0. The molecule has 2 N–H and O–H groups in total. The van der Waals surface area contributed by atoms with Crippen LogP contribution in [0.2, 0.25) is 0 Å². The number of rotatable bonds is 13. The third kappa shape index (κ3) is 7.62. The molecule has 1 amide bonds. The summed E-state index contributed by atoms with van der Waals surface area (Å²) in [4.78, 5) is 14.3. The van der Waals surface area contributed by atoms with Gasteiger partial charge in [-0.3, -0.25) is 4.79 Å². The Balaban J connectivity index is 2.32. The summed E-state index contributed by atoms with van der Waals surface area (Å²) in [7, 11) is 3.13. The molecule has 26 heavy (non-hydrogen) atoms. The van der Waals surface area contributed by atoms with Crippen LogP contribution in [0.1, 0.15) is 51.2 Å². The second-order valence-electron chi connectivity index (χ2n) is 6.25. The lowest BCUT2D eigenvalue weighted by Gasteiger charge is -2.17. The molecule has 1 aromatic carbocycles. The van der Waals surface area contributed by atoms with E-state index in [9.17, 15) is 9.90 Å². The van der Waals surface area contributed by atoms with Gasteiger partial charge in [0.25, 0.3) is 0 Å². The number of unbranched alkanes of at least 4 members (excludes halogenated alkanes) is 1. The summed E-state index contributed by atoms with van der Waals surface area (Å²) < 4.78 is 10.5. The van der Waals surface area contributed by atoms with Gasteiger partial charge in [0.15, 0.2) is 0 Å². The highest BCUT2D eigenvalue weighted by atomic mass is 16.5. The van der Waals surface area contributed by atoms with Crippen molar-refractivity contribution in [3.05, 3.63) is 23.8 Å². The molecular weight excluding hydrogens is 332 g/mol. The molecule has 0 fully saturated rings. The third-order valence-corrected chi connectivity index (χ3v) is 4.56. The molecule has 6 nitrogen and oxygen atoms in total. The second-order valence-corrected chi connectivity index (χ2v) is 6.25.